The number of esters is 1. The first-order valence-electron chi connectivity index (χ1n) is 13.3. The third-order valence-corrected chi connectivity index (χ3v) is 9.75. The maximum absolute atomic E-state index is 14.0. The lowest BCUT2D eigenvalue weighted by molar-refractivity contribution is -0.170. The van der Waals surface area contributed by atoms with Gasteiger partial charge in [0.25, 0.3) is 5.56 Å². The second kappa shape index (κ2) is 11.8. The number of hydrogen-bond acceptors (Lipinski definition) is 8. The Hall–Kier alpha value is -2.47. The first-order valence-corrected chi connectivity index (χ1v) is 15.0. The molecule has 1 fully saturated rings. The fraction of sp³-hybridized carbons (Fsp3) is 0.552. The second-order valence-electron chi connectivity index (χ2n) is 11.4. The number of aliphatic hydroxyl groups is 1. The van der Waals surface area contributed by atoms with E-state index in [9.17, 15) is 19.5 Å². The summed E-state index contributed by atoms with van der Waals surface area (Å²) in [5.74, 6) is -0.175. The number of aliphatic hydroxyl groups excluding tert-OH is 1. The van der Waals surface area contributed by atoms with Gasteiger partial charge < -0.3 is 19.3 Å². The number of ether oxygens (including phenoxy) is 3. The van der Waals surface area contributed by atoms with Gasteiger partial charge in [0.1, 0.15) is 21.7 Å². The molecule has 0 radical (unpaired) electrons. The molecule has 0 spiro atoms. The molecule has 0 bridgehead atoms. The van der Waals surface area contributed by atoms with Gasteiger partial charge in [0.15, 0.2) is 0 Å². The van der Waals surface area contributed by atoms with Crippen LogP contribution in [-0.4, -0.2) is 52.2 Å². The van der Waals surface area contributed by atoms with Crippen molar-refractivity contribution in [2.75, 3.05) is 20.3 Å². The lowest BCUT2D eigenvalue weighted by Crippen LogP contribution is -2.54. The summed E-state index contributed by atoms with van der Waals surface area (Å²) < 4.78 is 20.2. The molecule has 1 N–H and O–H groups in total. The Morgan fingerprint density at radius 2 is 1.93 bits per heavy atom. The Morgan fingerprint density at radius 3 is 2.60 bits per heavy atom. The van der Waals surface area contributed by atoms with E-state index in [1.54, 1.807) is 25.5 Å². The van der Waals surface area contributed by atoms with Crippen molar-refractivity contribution in [1.29, 1.82) is 0 Å². The Kier molecular flexibility index (Phi) is 8.99. The van der Waals surface area contributed by atoms with Crippen molar-refractivity contribution in [2.45, 2.75) is 77.7 Å². The average Bonchev–Trinajstić information content (AvgIpc) is 3.19. The number of nitrogens with zero attached hydrogens (tertiary/aromatic N) is 2. The Labute approximate surface area is 245 Å². The number of carbonyl (C=O) groups is 1. The molecule has 1 aromatic carbocycles. The summed E-state index contributed by atoms with van der Waals surface area (Å²) in [6.07, 6.45) is 0.846. The molecule has 1 saturated heterocycles. The highest BCUT2D eigenvalue weighted by molar-refractivity contribution is 9.11. The quantitative estimate of drug-likeness (QED) is 0.347. The smallest absolute Gasteiger partial charge is 0.333 e. The lowest BCUT2D eigenvalue weighted by atomic mass is 9.87. The summed E-state index contributed by atoms with van der Waals surface area (Å²) >= 11 is 4.85. The van der Waals surface area contributed by atoms with Gasteiger partial charge in [-0.15, -0.1) is 11.3 Å². The van der Waals surface area contributed by atoms with Crippen LogP contribution in [0, 0.1) is 12.8 Å². The monoisotopic (exact) mass is 636 g/mol. The minimum atomic E-state index is -1.60. The average molecular weight is 638 g/mol. The molecule has 0 saturated carbocycles. The van der Waals surface area contributed by atoms with Crippen LogP contribution in [0.15, 0.2) is 37.6 Å². The molecule has 0 aliphatic carbocycles. The van der Waals surface area contributed by atoms with E-state index in [-0.39, 0.29) is 12.5 Å². The molecule has 2 unspecified atom stereocenters. The molecule has 3 heterocycles. The fourth-order valence-electron chi connectivity index (χ4n) is 5.27. The SMILES string of the molecule is COc1ccccc1CCn1c(=O)n(C(C)(C)C(=O)OC(C)(C)CC2COCCC2O)c(=O)c2c(C)c(Br)sc21. The molecule has 218 valence electrons. The first-order chi connectivity index (χ1) is 18.8. The number of halogens is 1. The summed E-state index contributed by atoms with van der Waals surface area (Å²) in [5.41, 5.74) is -2.06. The van der Waals surface area contributed by atoms with E-state index >= 15 is 0 Å². The number of para-hydroxylation sites is 1. The van der Waals surface area contributed by atoms with Gasteiger partial charge >= 0.3 is 11.7 Å². The summed E-state index contributed by atoms with van der Waals surface area (Å²) in [6.45, 7) is 9.55. The van der Waals surface area contributed by atoms with E-state index in [4.69, 9.17) is 14.2 Å². The Bertz CT molecular complexity index is 1520. The van der Waals surface area contributed by atoms with Crippen LogP contribution >= 0.6 is 27.3 Å². The third kappa shape index (κ3) is 5.93. The van der Waals surface area contributed by atoms with E-state index in [1.807, 2.05) is 31.2 Å². The summed E-state index contributed by atoms with van der Waals surface area (Å²) in [6, 6.07) is 7.58. The molecule has 11 heteroatoms. The molecular formula is C29H37BrN2O7S. The van der Waals surface area contributed by atoms with Crippen LogP contribution in [0.5, 0.6) is 5.75 Å². The highest BCUT2D eigenvalue weighted by Gasteiger charge is 2.41. The van der Waals surface area contributed by atoms with Crippen LogP contribution in [0.3, 0.4) is 0 Å². The molecule has 9 nitrogen and oxygen atoms in total. The molecule has 1 aliphatic heterocycles. The van der Waals surface area contributed by atoms with Crippen LogP contribution in [-0.2, 0) is 32.8 Å². The highest BCUT2D eigenvalue weighted by atomic mass is 79.9. The predicted octanol–water partition coefficient (Wildman–Crippen LogP) is 4.39. The van der Waals surface area contributed by atoms with Gasteiger partial charge in [-0.1, -0.05) is 18.2 Å². The van der Waals surface area contributed by atoms with Crippen molar-refractivity contribution in [1.82, 2.24) is 9.13 Å². The number of aryl methyl sites for hydroxylation is 3. The lowest BCUT2D eigenvalue weighted by Gasteiger charge is -2.36. The molecule has 4 rings (SSSR count). The number of methoxy groups -OCH3 is 1. The van der Waals surface area contributed by atoms with Crippen molar-refractivity contribution >= 4 is 43.5 Å². The number of aromatic nitrogens is 2. The van der Waals surface area contributed by atoms with Gasteiger partial charge in [0, 0.05) is 19.1 Å². The number of thiophene rings is 1. The van der Waals surface area contributed by atoms with Crippen LogP contribution in [0.4, 0.5) is 0 Å². The number of rotatable bonds is 9. The maximum atomic E-state index is 14.0. The zero-order valence-electron chi connectivity index (χ0n) is 23.8. The highest BCUT2D eigenvalue weighted by Crippen LogP contribution is 2.34. The van der Waals surface area contributed by atoms with Gasteiger partial charge in [-0.05, 0) is 87.0 Å². The van der Waals surface area contributed by atoms with E-state index in [1.165, 1.54) is 25.2 Å². The number of fused-ring (bicyclic) bond motifs is 1. The minimum absolute atomic E-state index is 0.184. The third-order valence-electron chi connectivity index (χ3n) is 7.57. The van der Waals surface area contributed by atoms with E-state index in [0.29, 0.717) is 54.0 Å². The van der Waals surface area contributed by atoms with Gasteiger partial charge in [-0.3, -0.25) is 9.36 Å². The summed E-state index contributed by atoms with van der Waals surface area (Å²) in [5, 5.41) is 10.8. The normalized spacial score (nSPS) is 18.2. The van der Waals surface area contributed by atoms with E-state index in [0.717, 1.165) is 13.9 Å². The maximum Gasteiger partial charge on any atom is 0.333 e. The van der Waals surface area contributed by atoms with Gasteiger partial charge in [-0.25, -0.2) is 14.2 Å². The Morgan fingerprint density at radius 1 is 1.23 bits per heavy atom. The number of benzene rings is 1. The van der Waals surface area contributed by atoms with Crippen LogP contribution in [0.2, 0.25) is 0 Å². The largest absolute Gasteiger partial charge is 0.496 e. The summed E-state index contributed by atoms with van der Waals surface area (Å²) in [7, 11) is 1.60. The zero-order chi connectivity index (χ0) is 29.4. The molecule has 40 heavy (non-hydrogen) atoms. The standard InChI is InChI=1S/C29H37BrN2O7S/c1-17-22-24(34)32(29(4,5)26(35)39-28(2,3)15-19-16-38-14-12-20(19)33)27(36)31(25(22)40-23(17)30)13-11-18-9-7-8-10-21(18)37-6/h7-10,19-20,33H,11-16H2,1-6H3. The van der Waals surface area contributed by atoms with Crippen LogP contribution in [0.1, 0.15) is 51.7 Å². The van der Waals surface area contributed by atoms with Crippen molar-refractivity contribution in [2.24, 2.45) is 5.92 Å². The zero-order valence-corrected chi connectivity index (χ0v) is 26.2. The van der Waals surface area contributed by atoms with Crippen molar-refractivity contribution < 1.29 is 24.1 Å². The molecule has 3 aromatic rings. The van der Waals surface area contributed by atoms with Gasteiger partial charge in [-0.2, -0.15) is 0 Å². The first kappa shape index (κ1) is 30.5. The summed E-state index contributed by atoms with van der Waals surface area (Å²) in [4.78, 5) is 42.1. The fourth-order valence-corrected chi connectivity index (χ4v) is 6.98. The number of hydrogen-bond donors (Lipinski definition) is 1. The van der Waals surface area contributed by atoms with E-state index in [2.05, 4.69) is 15.9 Å². The van der Waals surface area contributed by atoms with Gasteiger partial charge in [0.2, 0.25) is 0 Å². The molecule has 2 atom stereocenters. The minimum Gasteiger partial charge on any atom is -0.496 e. The van der Waals surface area contributed by atoms with Gasteiger partial charge in [0.05, 0.1) is 29.0 Å². The topological polar surface area (TPSA) is 109 Å². The van der Waals surface area contributed by atoms with Crippen molar-refractivity contribution in [3.05, 3.63) is 60.0 Å². The van der Waals surface area contributed by atoms with E-state index < -0.39 is 34.5 Å². The molecular weight excluding hydrogens is 600 g/mol. The second-order valence-corrected chi connectivity index (χ2v) is 13.7. The van der Waals surface area contributed by atoms with Crippen LogP contribution in [0.25, 0.3) is 10.2 Å². The number of carbonyl (C=O) groups excluding carboxylic acids is 1. The molecule has 1 aliphatic rings. The predicted molar refractivity (Wildman–Crippen MR) is 159 cm³/mol. The van der Waals surface area contributed by atoms with Crippen molar-refractivity contribution in [3.8, 4) is 5.75 Å². The Balaban J connectivity index is 1.73. The molecule has 0 amide bonds. The molecule has 2 aromatic heterocycles. The van der Waals surface area contributed by atoms with Crippen molar-refractivity contribution in [3.63, 3.8) is 0 Å². The van der Waals surface area contributed by atoms with Crippen LogP contribution < -0.4 is 16.0 Å².